The van der Waals surface area contributed by atoms with Gasteiger partial charge >= 0.3 is 0 Å². The maximum atomic E-state index is 2.97. The zero-order valence-corrected chi connectivity index (χ0v) is 16.7. The molecule has 2 heterocycles. The Morgan fingerprint density at radius 2 is 1.46 bits per heavy atom. The summed E-state index contributed by atoms with van der Waals surface area (Å²) < 4.78 is 0. The van der Waals surface area contributed by atoms with Crippen LogP contribution in [0.4, 0.5) is 0 Å². The lowest BCUT2D eigenvalue weighted by atomic mass is 9.79. The number of nitrogens with zero attached hydrogens (tertiary/aromatic N) is 3. The SMILES string of the molecule is CN1CCN(C2CCCCN2C2(c3ccccc3)CCCCCC2)CC1. The Bertz CT molecular complexity index is 542. The zero-order chi connectivity index (χ0) is 17.8. The minimum absolute atomic E-state index is 0.270. The van der Waals surface area contributed by atoms with Crippen molar-refractivity contribution >= 4 is 0 Å². The molecule has 1 atom stereocenters. The van der Waals surface area contributed by atoms with E-state index in [0.717, 1.165) is 0 Å². The lowest BCUT2D eigenvalue weighted by Crippen LogP contribution is -2.62. The van der Waals surface area contributed by atoms with Gasteiger partial charge in [0.1, 0.15) is 0 Å². The van der Waals surface area contributed by atoms with Gasteiger partial charge in [0.25, 0.3) is 0 Å². The van der Waals surface area contributed by atoms with Crippen LogP contribution in [-0.2, 0) is 5.54 Å². The number of benzene rings is 1. The normalized spacial score (nSPS) is 29.3. The molecule has 1 aromatic rings. The first kappa shape index (κ1) is 18.5. The van der Waals surface area contributed by atoms with Crippen LogP contribution in [0.1, 0.15) is 63.4 Å². The summed E-state index contributed by atoms with van der Waals surface area (Å²) in [5.41, 5.74) is 1.86. The van der Waals surface area contributed by atoms with Gasteiger partial charge in [0.05, 0.1) is 6.17 Å². The fraction of sp³-hybridized carbons (Fsp3) is 0.739. The fourth-order valence-electron chi connectivity index (χ4n) is 5.72. The first-order valence-electron chi connectivity index (χ1n) is 11.0. The Hall–Kier alpha value is -0.900. The van der Waals surface area contributed by atoms with E-state index < -0.39 is 0 Å². The van der Waals surface area contributed by atoms with Crippen molar-refractivity contribution in [3.05, 3.63) is 35.9 Å². The van der Waals surface area contributed by atoms with Crippen molar-refractivity contribution in [3.8, 4) is 0 Å². The molecule has 3 aliphatic rings. The molecule has 1 aromatic carbocycles. The molecule has 0 amide bonds. The highest BCUT2D eigenvalue weighted by atomic mass is 15.4. The number of piperazine rings is 1. The predicted octanol–water partition coefficient (Wildman–Crippen LogP) is 4.30. The molecule has 2 aliphatic heterocycles. The van der Waals surface area contributed by atoms with Crippen LogP contribution in [-0.4, -0.2) is 60.6 Å². The summed E-state index contributed by atoms with van der Waals surface area (Å²) >= 11 is 0. The van der Waals surface area contributed by atoms with E-state index in [9.17, 15) is 0 Å². The van der Waals surface area contributed by atoms with Gasteiger partial charge in [-0.15, -0.1) is 0 Å². The summed E-state index contributed by atoms with van der Waals surface area (Å²) in [5.74, 6) is 0. The van der Waals surface area contributed by atoms with Crippen LogP contribution < -0.4 is 0 Å². The smallest absolute Gasteiger partial charge is 0.0630 e. The van der Waals surface area contributed by atoms with Crippen molar-refractivity contribution in [2.24, 2.45) is 0 Å². The minimum atomic E-state index is 0.270. The maximum Gasteiger partial charge on any atom is 0.0630 e. The molecular formula is C23H37N3. The maximum absolute atomic E-state index is 2.97. The van der Waals surface area contributed by atoms with E-state index in [1.165, 1.54) is 90.5 Å². The van der Waals surface area contributed by atoms with Gasteiger partial charge in [0.2, 0.25) is 0 Å². The lowest BCUT2D eigenvalue weighted by Gasteiger charge is -2.54. The molecule has 0 aromatic heterocycles. The van der Waals surface area contributed by atoms with Gasteiger partial charge in [-0.2, -0.15) is 0 Å². The number of piperidine rings is 1. The van der Waals surface area contributed by atoms with E-state index in [2.05, 4.69) is 52.1 Å². The zero-order valence-electron chi connectivity index (χ0n) is 16.7. The van der Waals surface area contributed by atoms with E-state index in [1.807, 2.05) is 0 Å². The number of hydrogen-bond acceptors (Lipinski definition) is 3. The van der Waals surface area contributed by atoms with Crippen LogP contribution in [0, 0.1) is 0 Å². The van der Waals surface area contributed by atoms with E-state index in [-0.39, 0.29) is 5.54 Å². The van der Waals surface area contributed by atoms with Crippen molar-refractivity contribution in [3.63, 3.8) is 0 Å². The first-order valence-corrected chi connectivity index (χ1v) is 11.0. The van der Waals surface area contributed by atoms with Crippen molar-refractivity contribution in [1.29, 1.82) is 0 Å². The number of likely N-dealkylation sites (N-methyl/N-ethyl adjacent to an activating group) is 1. The summed E-state index contributed by atoms with van der Waals surface area (Å²) in [4.78, 5) is 8.28. The third-order valence-corrected chi connectivity index (χ3v) is 7.22. The van der Waals surface area contributed by atoms with E-state index >= 15 is 0 Å². The average Bonchev–Trinajstić information content (AvgIpc) is 2.96. The van der Waals surface area contributed by atoms with Gasteiger partial charge in [0.15, 0.2) is 0 Å². The van der Waals surface area contributed by atoms with Gasteiger partial charge < -0.3 is 4.90 Å². The highest BCUT2D eigenvalue weighted by molar-refractivity contribution is 5.26. The Labute approximate surface area is 160 Å². The van der Waals surface area contributed by atoms with Crippen molar-refractivity contribution in [1.82, 2.24) is 14.7 Å². The van der Waals surface area contributed by atoms with Crippen LogP contribution in [0.3, 0.4) is 0 Å². The van der Waals surface area contributed by atoms with Crippen molar-refractivity contribution < 1.29 is 0 Å². The number of hydrogen-bond donors (Lipinski definition) is 0. The second-order valence-corrected chi connectivity index (χ2v) is 8.82. The molecule has 1 aliphatic carbocycles. The molecule has 0 bridgehead atoms. The standard InChI is InChI=1S/C23H37N3/c1-24-17-19-25(20-18-24)22-13-7-10-16-26(22)23(14-8-2-3-9-15-23)21-11-5-4-6-12-21/h4-6,11-12,22H,2-3,7-10,13-20H2,1H3. The highest BCUT2D eigenvalue weighted by Crippen LogP contribution is 2.44. The number of likely N-dealkylation sites (tertiary alicyclic amines) is 1. The molecular weight excluding hydrogens is 318 g/mol. The van der Waals surface area contributed by atoms with Crippen LogP contribution >= 0.6 is 0 Å². The molecule has 0 radical (unpaired) electrons. The second-order valence-electron chi connectivity index (χ2n) is 8.82. The van der Waals surface area contributed by atoms with Gasteiger partial charge in [-0.25, -0.2) is 0 Å². The first-order chi connectivity index (χ1) is 12.8. The second kappa shape index (κ2) is 8.41. The Kier molecular flexibility index (Phi) is 5.97. The quantitative estimate of drug-likeness (QED) is 0.749. The molecule has 0 N–H and O–H groups in total. The van der Waals surface area contributed by atoms with Gasteiger partial charge in [0, 0.05) is 38.3 Å². The van der Waals surface area contributed by atoms with E-state index in [1.54, 1.807) is 5.56 Å². The molecule has 26 heavy (non-hydrogen) atoms. The molecule has 1 unspecified atom stereocenters. The highest BCUT2D eigenvalue weighted by Gasteiger charge is 2.44. The summed E-state index contributed by atoms with van der Waals surface area (Å²) in [6, 6.07) is 11.5. The van der Waals surface area contributed by atoms with Crippen LogP contribution in [0.15, 0.2) is 30.3 Å². The monoisotopic (exact) mass is 355 g/mol. The average molecular weight is 356 g/mol. The molecule has 1 saturated carbocycles. The number of rotatable bonds is 3. The third-order valence-electron chi connectivity index (χ3n) is 7.22. The largest absolute Gasteiger partial charge is 0.304 e. The molecule has 0 spiro atoms. The summed E-state index contributed by atoms with van der Waals surface area (Å²) in [5, 5.41) is 0. The fourth-order valence-corrected chi connectivity index (χ4v) is 5.72. The molecule has 3 fully saturated rings. The summed E-state index contributed by atoms with van der Waals surface area (Å²) in [6.07, 6.45) is 13.1. The topological polar surface area (TPSA) is 9.72 Å². The third kappa shape index (κ3) is 3.72. The molecule has 144 valence electrons. The van der Waals surface area contributed by atoms with E-state index in [0.29, 0.717) is 6.17 Å². The van der Waals surface area contributed by atoms with E-state index in [4.69, 9.17) is 0 Å². The van der Waals surface area contributed by atoms with Gasteiger partial charge in [-0.1, -0.05) is 56.0 Å². The lowest BCUT2D eigenvalue weighted by molar-refractivity contribution is -0.0812. The predicted molar refractivity (Wildman–Crippen MR) is 109 cm³/mol. The molecule has 3 heteroatoms. The Morgan fingerprint density at radius 3 is 2.15 bits per heavy atom. The van der Waals surface area contributed by atoms with Crippen LogP contribution in [0.25, 0.3) is 0 Å². The van der Waals surface area contributed by atoms with Crippen molar-refractivity contribution in [2.45, 2.75) is 69.5 Å². The van der Waals surface area contributed by atoms with Crippen LogP contribution in [0.5, 0.6) is 0 Å². The van der Waals surface area contributed by atoms with Crippen molar-refractivity contribution in [2.75, 3.05) is 39.8 Å². The molecule has 2 saturated heterocycles. The minimum Gasteiger partial charge on any atom is -0.304 e. The van der Waals surface area contributed by atoms with Crippen LogP contribution in [0.2, 0.25) is 0 Å². The Balaban J connectivity index is 1.66. The molecule has 4 rings (SSSR count). The van der Waals surface area contributed by atoms with Gasteiger partial charge in [-0.05, 0) is 44.7 Å². The summed E-state index contributed by atoms with van der Waals surface area (Å²) in [7, 11) is 2.27. The Morgan fingerprint density at radius 1 is 0.769 bits per heavy atom. The molecule has 3 nitrogen and oxygen atoms in total. The summed E-state index contributed by atoms with van der Waals surface area (Å²) in [6.45, 7) is 6.21. The van der Waals surface area contributed by atoms with Gasteiger partial charge in [-0.3, -0.25) is 9.80 Å².